The molecule has 0 spiro atoms. The first-order valence-electron chi connectivity index (χ1n) is 8.92. The number of carbonyl (C=O) groups is 1. The minimum Gasteiger partial charge on any atom is -0.324 e. The molecular formula is C20H18BrClFN3O2S. The van der Waals surface area contributed by atoms with Crippen molar-refractivity contribution in [3.8, 4) is 0 Å². The van der Waals surface area contributed by atoms with Crippen LogP contribution in [0.25, 0.3) is 10.9 Å². The molecule has 0 saturated heterocycles. The summed E-state index contributed by atoms with van der Waals surface area (Å²) in [4.78, 5) is 30.2. The van der Waals surface area contributed by atoms with Gasteiger partial charge in [-0.2, -0.15) is 0 Å². The van der Waals surface area contributed by atoms with E-state index in [9.17, 15) is 14.0 Å². The lowest BCUT2D eigenvalue weighted by Crippen LogP contribution is -2.27. The van der Waals surface area contributed by atoms with Crippen LogP contribution in [0, 0.1) is 5.82 Å². The maximum atomic E-state index is 13.2. The van der Waals surface area contributed by atoms with E-state index >= 15 is 0 Å². The first kappa shape index (κ1) is 21.8. The van der Waals surface area contributed by atoms with Gasteiger partial charge in [0.05, 0.1) is 26.9 Å². The fourth-order valence-electron chi connectivity index (χ4n) is 2.72. The fraction of sp³-hybridized carbons (Fsp3) is 0.250. The number of anilines is 1. The molecule has 3 aromatic rings. The molecule has 3 rings (SSSR count). The van der Waals surface area contributed by atoms with Gasteiger partial charge in [-0.3, -0.25) is 14.2 Å². The summed E-state index contributed by atoms with van der Waals surface area (Å²) < 4.78 is 15.6. The van der Waals surface area contributed by atoms with Gasteiger partial charge in [-0.15, -0.1) is 0 Å². The van der Waals surface area contributed by atoms with Crippen LogP contribution in [0.5, 0.6) is 0 Å². The highest BCUT2D eigenvalue weighted by Gasteiger charge is 2.20. The second-order valence-electron chi connectivity index (χ2n) is 6.39. The summed E-state index contributed by atoms with van der Waals surface area (Å²) in [7, 11) is 0. The molecule has 0 fully saturated rings. The summed E-state index contributed by atoms with van der Waals surface area (Å²) in [6.45, 7) is 4.18. The minimum absolute atomic E-state index is 0.118. The molecule has 9 heteroatoms. The van der Waals surface area contributed by atoms with E-state index in [-0.39, 0.29) is 16.5 Å². The Morgan fingerprint density at radius 3 is 2.79 bits per heavy atom. The van der Waals surface area contributed by atoms with E-state index < -0.39 is 11.1 Å². The molecule has 1 aromatic heterocycles. The molecule has 1 amide bonds. The highest BCUT2D eigenvalue weighted by molar-refractivity contribution is 9.10. The Morgan fingerprint density at radius 2 is 2.10 bits per heavy atom. The third-order valence-electron chi connectivity index (χ3n) is 4.17. The second-order valence-corrected chi connectivity index (χ2v) is 9.02. The molecular weight excluding hydrogens is 481 g/mol. The van der Waals surface area contributed by atoms with Crippen LogP contribution in [0.2, 0.25) is 5.02 Å². The minimum atomic E-state index is -0.556. The lowest BCUT2D eigenvalue weighted by Gasteiger charge is -2.16. The predicted molar refractivity (Wildman–Crippen MR) is 119 cm³/mol. The van der Waals surface area contributed by atoms with Crippen LogP contribution >= 0.6 is 39.3 Å². The van der Waals surface area contributed by atoms with Gasteiger partial charge in [-0.05, 0) is 49.7 Å². The standard InChI is InChI=1S/C20H18BrClFN3O2S/c1-3-8-26-19(28)14-9-12(21)4-6-16(14)25-20(26)29-11(2)18(27)24-17-7-5-13(23)10-15(17)22/h4-7,9-11H,3,8H2,1-2H3,(H,24,27). The van der Waals surface area contributed by atoms with Crippen molar-refractivity contribution in [1.29, 1.82) is 0 Å². The van der Waals surface area contributed by atoms with Crippen molar-refractivity contribution >= 4 is 61.8 Å². The zero-order valence-corrected chi connectivity index (χ0v) is 18.9. The first-order valence-corrected chi connectivity index (χ1v) is 11.0. The average Bonchev–Trinajstić information content (AvgIpc) is 2.67. The van der Waals surface area contributed by atoms with Crippen LogP contribution in [0.15, 0.2) is 50.8 Å². The van der Waals surface area contributed by atoms with Gasteiger partial charge < -0.3 is 5.32 Å². The van der Waals surface area contributed by atoms with Crippen molar-refractivity contribution in [2.24, 2.45) is 0 Å². The molecule has 1 atom stereocenters. The van der Waals surface area contributed by atoms with Gasteiger partial charge in [-0.1, -0.05) is 46.2 Å². The van der Waals surface area contributed by atoms with Gasteiger partial charge in [0.1, 0.15) is 5.82 Å². The number of amides is 1. The number of thioether (sulfide) groups is 1. The molecule has 0 aliphatic rings. The van der Waals surface area contributed by atoms with Crippen LogP contribution in [-0.2, 0) is 11.3 Å². The van der Waals surface area contributed by atoms with Crippen molar-refractivity contribution in [3.63, 3.8) is 0 Å². The summed E-state index contributed by atoms with van der Waals surface area (Å²) in [5.74, 6) is -0.803. The van der Waals surface area contributed by atoms with E-state index in [1.54, 1.807) is 23.6 Å². The number of halogens is 3. The molecule has 0 bridgehead atoms. The summed E-state index contributed by atoms with van der Waals surface area (Å²) >= 11 is 10.6. The number of fused-ring (bicyclic) bond motifs is 1. The number of rotatable bonds is 6. The van der Waals surface area contributed by atoms with E-state index in [0.717, 1.165) is 17.0 Å². The van der Waals surface area contributed by atoms with Gasteiger partial charge in [0.25, 0.3) is 5.56 Å². The normalized spacial score (nSPS) is 12.2. The average molecular weight is 499 g/mol. The van der Waals surface area contributed by atoms with E-state index in [1.807, 2.05) is 13.0 Å². The van der Waals surface area contributed by atoms with Gasteiger partial charge in [0, 0.05) is 11.0 Å². The van der Waals surface area contributed by atoms with Crippen LogP contribution in [-0.4, -0.2) is 20.7 Å². The number of aromatic nitrogens is 2. The van der Waals surface area contributed by atoms with Crippen molar-refractivity contribution < 1.29 is 9.18 Å². The molecule has 29 heavy (non-hydrogen) atoms. The smallest absolute Gasteiger partial charge is 0.262 e. The topological polar surface area (TPSA) is 64.0 Å². The Labute approximate surface area is 184 Å². The summed E-state index contributed by atoms with van der Waals surface area (Å²) in [6, 6.07) is 9.10. The molecule has 2 aromatic carbocycles. The van der Waals surface area contributed by atoms with Crippen molar-refractivity contribution in [1.82, 2.24) is 9.55 Å². The molecule has 152 valence electrons. The number of nitrogens with zero attached hydrogens (tertiary/aromatic N) is 2. The number of nitrogens with one attached hydrogen (secondary N) is 1. The van der Waals surface area contributed by atoms with Crippen LogP contribution in [0.3, 0.4) is 0 Å². The van der Waals surface area contributed by atoms with Gasteiger partial charge >= 0.3 is 0 Å². The monoisotopic (exact) mass is 497 g/mol. The Hall–Kier alpha value is -1.90. The van der Waals surface area contributed by atoms with Crippen molar-refractivity contribution in [2.75, 3.05) is 5.32 Å². The van der Waals surface area contributed by atoms with Crippen LogP contribution < -0.4 is 10.9 Å². The maximum absolute atomic E-state index is 13.2. The highest BCUT2D eigenvalue weighted by atomic mass is 79.9. The lowest BCUT2D eigenvalue weighted by atomic mass is 10.2. The Kier molecular flexibility index (Phi) is 6.97. The molecule has 0 aliphatic carbocycles. The van der Waals surface area contributed by atoms with E-state index in [4.69, 9.17) is 11.6 Å². The SMILES string of the molecule is CCCn1c(SC(C)C(=O)Nc2ccc(F)cc2Cl)nc2ccc(Br)cc2c1=O. The highest BCUT2D eigenvalue weighted by Crippen LogP contribution is 2.27. The number of carbonyl (C=O) groups excluding carboxylic acids is 1. The number of hydrogen-bond acceptors (Lipinski definition) is 4. The Morgan fingerprint density at radius 1 is 1.34 bits per heavy atom. The second kappa shape index (κ2) is 9.28. The largest absolute Gasteiger partial charge is 0.324 e. The van der Waals surface area contributed by atoms with E-state index in [2.05, 4.69) is 26.2 Å². The summed E-state index contributed by atoms with van der Waals surface area (Å²) in [6.07, 6.45) is 0.750. The third-order valence-corrected chi connectivity index (χ3v) is 6.06. The lowest BCUT2D eigenvalue weighted by molar-refractivity contribution is -0.115. The predicted octanol–water partition coefficient (Wildman–Crippen LogP) is 5.48. The quantitative estimate of drug-likeness (QED) is 0.361. The Balaban J connectivity index is 1.89. The van der Waals surface area contributed by atoms with E-state index in [0.29, 0.717) is 28.3 Å². The summed E-state index contributed by atoms with van der Waals surface area (Å²) in [5, 5.41) is 3.24. The molecule has 5 nitrogen and oxygen atoms in total. The van der Waals surface area contributed by atoms with Gasteiger partial charge in [0.2, 0.25) is 5.91 Å². The van der Waals surface area contributed by atoms with E-state index in [1.165, 1.54) is 23.9 Å². The third kappa shape index (κ3) is 4.99. The number of hydrogen-bond donors (Lipinski definition) is 1. The first-order chi connectivity index (χ1) is 13.8. The molecule has 0 aliphatic heterocycles. The molecule has 1 unspecified atom stereocenters. The zero-order chi connectivity index (χ0) is 21.1. The van der Waals surface area contributed by atoms with Gasteiger partial charge in [-0.25, -0.2) is 9.37 Å². The fourth-order valence-corrected chi connectivity index (χ4v) is 4.23. The Bertz CT molecular complexity index is 1140. The van der Waals surface area contributed by atoms with Crippen molar-refractivity contribution in [3.05, 3.63) is 62.1 Å². The maximum Gasteiger partial charge on any atom is 0.262 e. The molecule has 0 radical (unpaired) electrons. The summed E-state index contributed by atoms with van der Waals surface area (Å²) in [5.41, 5.74) is 0.755. The molecule has 1 heterocycles. The van der Waals surface area contributed by atoms with Crippen LogP contribution in [0.4, 0.5) is 10.1 Å². The van der Waals surface area contributed by atoms with Crippen LogP contribution in [0.1, 0.15) is 20.3 Å². The molecule has 1 N–H and O–H groups in total. The van der Waals surface area contributed by atoms with Crippen molar-refractivity contribution in [2.45, 2.75) is 37.2 Å². The zero-order valence-electron chi connectivity index (χ0n) is 15.7. The van der Waals surface area contributed by atoms with Gasteiger partial charge in [0.15, 0.2) is 5.16 Å². The number of benzene rings is 2. The molecule has 0 saturated carbocycles.